The highest BCUT2D eigenvalue weighted by Crippen LogP contribution is 2.10. The number of benzene rings is 2. The van der Waals surface area contributed by atoms with Crippen molar-refractivity contribution in [3.8, 4) is 5.69 Å². The maximum absolute atomic E-state index is 13.1. The second-order valence-corrected chi connectivity index (χ2v) is 7.18. The van der Waals surface area contributed by atoms with Gasteiger partial charge in [-0.2, -0.15) is 5.10 Å². The first-order chi connectivity index (χ1) is 15.0. The van der Waals surface area contributed by atoms with Crippen LogP contribution in [0.3, 0.4) is 0 Å². The van der Waals surface area contributed by atoms with Gasteiger partial charge in [0.15, 0.2) is 5.96 Å². The van der Waals surface area contributed by atoms with Gasteiger partial charge < -0.3 is 16.4 Å². The Morgan fingerprint density at radius 3 is 2.45 bits per heavy atom. The molecule has 0 radical (unpaired) electrons. The Balaban J connectivity index is 1.46. The van der Waals surface area contributed by atoms with Gasteiger partial charge >= 0.3 is 0 Å². The summed E-state index contributed by atoms with van der Waals surface area (Å²) in [5.41, 5.74) is 8.60. The number of rotatable bonds is 9. The zero-order valence-electron chi connectivity index (χ0n) is 17.5. The van der Waals surface area contributed by atoms with E-state index < -0.39 is 11.8 Å². The number of amides is 1. The monoisotopic (exact) mass is 422 g/mol. The SMILES string of the molecule is CN=C(NCCc1ccc(-n2cccn2)cc1)NCC(Cc1ccc(F)cc1)C(N)=O. The predicted octanol–water partition coefficient (Wildman–Crippen LogP) is 2.06. The van der Waals surface area contributed by atoms with Crippen LogP contribution in [0.25, 0.3) is 5.69 Å². The van der Waals surface area contributed by atoms with Crippen LogP contribution in [0.15, 0.2) is 72.0 Å². The number of nitrogens with zero attached hydrogens (tertiary/aromatic N) is 3. The molecule has 0 aliphatic heterocycles. The van der Waals surface area contributed by atoms with Gasteiger partial charge in [0.25, 0.3) is 0 Å². The Bertz CT molecular complexity index is 984. The highest BCUT2D eigenvalue weighted by atomic mass is 19.1. The molecule has 1 aromatic heterocycles. The number of aliphatic imine (C=N–C) groups is 1. The summed E-state index contributed by atoms with van der Waals surface area (Å²) in [6, 6.07) is 16.2. The molecule has 0 aliphatic carbocycles. The first-order valence-electron chi connectivity index (χ1n) is 10.1. The standard InChI is InChI=1S/C23H27FN6O/c1-26-23(28-16-19(22(25)31)15-18-3-7-20(24)8-4-18)27-13-11-17-5-9-21(10-6-17)30-14-2-12-29-30/h2-10,12,14,19H,11,13,15-16H2,1H3,(H2,25,31)(H2,26,27,28). The fraction of sp³-hybridized carbons (Fsp3) is 0.261. The van der Waals surface area contributed by atoms with E-state index in [4.69, 9.17) is 5.73 Å². The molecule has 3 aromatic rings. The van der Waals surface area contributed by atoms with Crippen LogP contribution in [-0.2, 0) is 17.6 Å². The quantitative estimate of drug-likeness (QED) is 0.363. The van der Waals surface area contributed by atoms with Gasteiger partial charge in [-0.05, 0) is 54.3 Å². The van der Waals surface area contributed by atoms with Crippen LogP contribution in [0.1, 0.15) is 11.1 Å². The molecule has 7 nitrogen and oxygen atoms in total. The topological polar surface area (TPSA) is 97.3 Å². The molecule has 3 rings (SSSR count). The molecule has 0 saturated carbocycles. The molecule has 1 atom stereocenters. The molecule has 0 bridgehead atoms. The van der Waals surface area contributed by atoms with Gasteiger partial charge in [0, 0.05) is 32.5 Å². The third-order valence-corrected chi connectivity index (χ3v) is 4.95. The van der Waals surface area contributed by atoms with Crippen LogP contribution in [0, 0.1) is 11.7 Å². The van der Waals surface area contributed by atoms with E-state index in [-0.39, 0.29) is 5.82 Å². The van der Waals surface area contributed by atoms with E-state index in [1.165, 1.54) is 17.7 Å². The van der Waals surface area contributed by atoms with Crippen molar-refractivity contribution in [2.45, 2.75) is 12.8 Å². The second kappa shape index (κ2) is 10.9. The van der Waals surface area contributed by atoms with E-state index >= 15 is 0 Å². The van der Waals surface area contributed by atoms with Crippen molar-refractivity contribution in [3.05, 3.63) is 83.9 Å². The Hall–Kier alpha value is -3.68. The normalized spacial score (nSPS) is 12.4. The van der Waals surface area contributed by atoms with Gasteiger partial charge in [-0.15, -0.1) is 0 Å². The van der Waals surface area contributed by atoms with Crippen LogP contribution in [0.2, 0.25) is 0 Å². The van der Waals surface area contributed by atoms with Gasteiger partial charge in [0.1, 0.15) is 5.82 Å². The summed E-state index contributed by atoms with van der Waals surface area (Å²) in [6.07, 6.45) is 4.90. The number of guanidine groups is 1. The third-order valence-electron chi connectivity index (χ3n) is 4.95. The summed E-state index contributed by atoms with van der Waals surface area (Å²) in [5, 5.41) is 10.6. The number of hydrogen-bond acceptors (Lipinski definition) is 3. The van der Waals surface area contributed by atoms with Crippen molar-refractivity contribution in [2.75, 3.05) is 20.1 Å². The van der Waals surface area contributed by atoms with Crippen LogP contribution in [-0.4, -0.2) is 41.8 Å². The largest absolute Gasteiger partial charge is 0.369 e. The van der Waals surface area contributed by atoms with Gasteiger partial charge in [0.05, 0.1) is 11.6 Å². The predicted molar refractivity (Wildman–Crippen MR) is 119 cm³/mol. The van der Waals surface area contributed by atoms with Crippen LogP contribution in [0.5, 0.6) is 0 Å². The first kappa shape index (κ1) is 22.0. The van der Waals surface area contributed by atoms with Crippen LogP contribution in [0.4, 0.5) is 4.39 Å². The van der Waals surface area contributed by atoms with Crippen molar-refractivity contribution in [1.29, 1.82) is 0 Å². The van der Waals surface area contributed by atoms with E-state index in [0.29, 0.717) is 25.5 Å². The maximum Gasteiger partial charge on any atom is 0.222 e. The van der Waals surface area contributed by atoms with Crippen LogP contribution >= 0.6 is 0 Å². The van der Waals surface area contributed by atoms with E-state index in [1.54, 1.807) is 25.4 Å². The molecule has 1 amide bonds. The minimum absolute atomic E-state index is 0.307. The molecule has 162 valence electrons. The molecule has 0 aliphatic rings. The molecule has 0 saturated heterocycles. The lowest BCUT2D eigenvalue weighted by Crippen LogP contribution is -2.43. The lowest BCUT2D eigenvalue weighted by molar-refractivity contribution is -0.121. The second-order valence-electron chi connectivity index (χ2n) is 7.18. The maximum atomic E-state index is 13.1. The highest BCUT2D eigenvalue weighted by Gasteiger charge is 2.16. The summed E-state index contributed by atoms with van der Waals surface area (Å²) in [4.78, 5) is 16.0. The minimum atomic E-state index is -0.432. The number of nitrogens with two attached hydrogens (primary N) is 1. The fourth-order valence-corrected chi connectivity index (χ4v) is 3.18. The molecule has 1 unspecified atom stereocenters. The van der Waals surface area contributed by atoms with Gasteiger partial charge in [0.2, 0.25) is 5.91 Å². The Morgan fingerprint density at radius 1 is 1.13 bits per heavy atom. The van der Waals surface area contributed by atoms with Crippen molar-refractivity contribution in [1.82, 2.24) is 20.4 Å². The van der Waals surface area contributed by atoms with E-state index in [2.05, 4.69) is 32.9 Å². The number of nitrogens with one attached hydrogen (secondary N) is 2. The average Bonchev–Trinajstić information content (AvgIpc) is 3.31. The summed E-state index contributed by atoms with van der Waals surface area (Å²) >= 11 is 0. The van der Waals surface area contributed by atoms with Gasteiger partial charge in [-0.1, -0.05) is 24.3 Å². The number of hydrogen-bond donors (Lipinski definition) is 3. The fourth-order valence-electron chi connectivity index (χ4n) is 3.18. The first-order valence-corrected chi connectivity index (χ1v) is 10.1. The molecular weight excluding hydrogens is 395 g/mol. The molecule has 0 spiro atoms. The van der Waals surface area contributed by atoms with E-state index in [1.807, 2.05) is 29.1 Å². The Morgan fingerprint density at radius 2 is 1.84 bits per heavy atom. The van der Waals surface area contributed by atoms with Gasteiger partial charge in [-0.25, -0.2) is 9.07 Å². The minimum Gasteiger partial charge on any atom is -0.369 e. The van der Waals surface area contributed by atoms with E-state index in [0.717, 1.165) is 17.7 Å². The van der Waals surface area contributed by atoms with E-state index in [9.17, 15) is 9.18 Å². The van der Waals surface area contributed by atoms with Crippen molar-refractivity contribution in [2.24, 2.45) is 16.6 Å². The lowest BCUT2D eigenvalue weighted by Gasteiger charge is -2.17. The molecule has 8 heteroatoms. The summed E-state index contributed by atoms with van der Waals surface area (Å²) in [6.45, 7) is 1.02. The smallest absolute Gasteiger partial charge is 0.222 e. The number of halogens is 1. The number of primary amides is 1. The summed E-state index contributed by atoms with van der Waals surface area (Å²) in [5.74, 6) is -0.556. The molecule has 1 heterocycles. The molecule has 0 fully saturated rings. The third kappa shape index (κ3) is 6.67. The molecule has 31 heavy (non-hydrogen) atoms. The molecule has 2 aromatic carbocycles. The van der Waals surface area contributed by atoms with Gasteiger partial charge in [-0.3, -0.25) is 9.79 Å². The zero-order chi connectivity index (χ0) is 22.1. The number of carbonyl (C=O) groups is 1. The van der Waals surface area contributed by atoms with Crippen molar-refractivity contribution >= 4 is 11.9 Å². The lowest BCUT2D eigenvalue weighted by atomic mass is 9.98. The highest BCUT2D eigenvalue weighted by molar-refractivity contribution is 5.81. The number of aromatic nitrogens is 2. The average molecular weight is 423 g/mol. The Labute approximate surface area is 181 Å². The number of carbonyl (C=O) groups excluding carboxylic acids is 1. The summed E-state index contributed by atoms with van der Waals surface area (Å²) < 4.78 is 14.9. The Kier molecular flexibility index (Phi) is 7.75. The molecular formula is C23H27FN6O. The van der Waals surface area contributed by atoms with Crippen LogP contribution < -0.4 is 16.4 Å². The summed E-state index contributed by atoms with van der Waals surface area (Å²) in [7, 11) is 1.67. The van der Waals surface area contributed by atoms with Crippen molar-refractivity contribution < 1.29 is 9.18 Å². The molecule has 4 N–H and O–H groups in total. The van der Waals surface area contributed by atoms with Crippen molar-refractivity contribution in [3.63, 3.8) is 0 Å². The zero-order valence-corrected chi connectivity index (χ0v) is 17.5.